The van der Waals surface area contributed by atoms with Crippen LogP contribution < -0.4 is 10.9 Å². The van der Waals surface area contributed by atoms with Crippen LogP contribution in [0.15, 0.2) is 38.4 Å². The summed E-state index contributed by atoms with van der Waals surface area (Å²) in [6.07, 6.45) is 1.36. The number of H-pyrrole nitrogens is 1. The number of hydrogen-bond donors (Lipinski definition) is 2. The molecular formula is C12H8BrN3O3S. The number of fused-ring (bicyclic) bond motifs is 1. The van der Waals surface area contributed by atoms with Crippen molar-refractivity contribution in [2.75, 3.05) is 0 Å². The van der Waals surface area contributed by atoms with E-state index in [0.29, 0.717) is 21.4 Å². The molecule has 0 saturated carbocycles. The normalized spacial score (nSPS) is 10.8. The molecule has 6 nitrogen and oxygen atoms in total. The van der Waals surface area contributed by atoms with Crippen LogP contribution in [0, 0.1) is 0 Å². The van der Waals surface area contributed by atoms with Gasteiger partial charge in [0, 0.05) is 4.88 Å². The van der Waals surface area contributed by atoms with Gasteiger partial charge in [-0.3, -0.25) is 9.59 Å². The fourth-order valence-electron chi connectivity index (χ4n) is 1.70. The maximum Gasteiger partial charge on any atom is 0.287 e. The Bertz CT molecular complexity index is 836. The standard InChI is InChI=1S/C12H8BrN3O3S/c13-9-2-1-8(19-9)11(18)14-4-6-3-7-10(17)15-5-16-12(7)20-6/h1-3,5H,4H2,(H,14,18)(H,15,16,17). The van der Waals surface area contributed by atoms with Gasteiger partial charge in [-0.15, -0.1) is 11.3 Å². The molecule has 2 N–H and O–H groups in total. The molecule has 0 aliphatic rings. The molecule has 0 unspecified atom stereocenters. The van der Waals surface area contributed by atoms with Gasteiger partial charge in [-0.25, -0.2) is 4.98 Å². The highest BCUT2D eigenvalue weighted by Crippen LogP contribution is 2.20. The van der Waals surface area contributed by atoms with Crippen LogP contribution in [-0.4, -0.2) is 15.9 Å². The number of nitrogens with one attached hydrogen (secondary N) is 2. The van der Waals surface area contributed by atoms with E-state index < -0.39 is 0 Å². The van der Waals surface area contributed by atoms with Gasteiger partial charge in [0.15, 0.2) is 10.4 Å². The molecule has 8 heteroatoms. The Labute approximate surface area is 125 Å². The van der Waals surface area contributed by atoms with Gasteiger partial charge in [-0.05, 0) is 34.1 Å². The molecule has 3 aromatic heterocycles. The number of carbonyl (C=O) groups is 1. The summed E-state index contributed by atoms with van der Waals surface area (Å²) in [6, 6.07) is 4.96. The van der Waals surface area contributed by atoms with Gasteiger partial charge >= 0.3 is 0 Å². The molecule has 0 aromatic carbocycles. The molecule has 102 valence electrons. The molecular weight excluding hydrogens is 346 g/mol. The Morgan fingerprint density at radius 1 is 1.50 bits per heavy atom. The highest BCUT2D eigenvalue weighted by molar-refractivity contribution is 9.10. The van der Waals surface area contributed by atoms with Gasteiger partial charge in [0.25, 0.3) is 11.5 Å². The van der Waals surface area contributed by atoms with Gasteiger partial charge in [0.2, 0.25) is 0 Å². The van der Waals surface area contributed by atoms with E-state index in [9.17, 15) is 9.59 Å². The molecule has 20 heavy (non-hydrogen) atoms. The van der Waals surface area contributed by atoms with E-state index in [1.807, 2.05) is 0 Å². The minimum Gasteiger partial charge on any atom is -0.444 e. The quantitative estimate of drug-likeness (QED) is 0.755. The van der Waals surface area contributed by atoms with Crippen molar-refractivity contribution in [2.45, 2.75) is 6.54 Å². The number of furan rings is 1. The molecule has 0 fully saturated rings. The van der Waals surface area contributed by atoms with Crippen LogP contribution in [0.4, 0.5) is 0 Å². The Morgan fingerprint density at radius 2 is 2.35 bits per heavy atom. The van der Waals surface area contributed by atoms with E-state index >= 15 is 0 Å². The fraction of sp³-hybridized carbons (Fsp3) is 0.0833. The number of aromatic amines is 1. The van der Waals surface area contributed by atoms with E-state index in [4.69, 9.17) is 4.42 Å². The molecule has 0 atom stereocenters. The number of hydrogen-bond acceptors (Lipinski definition) is 5. The van der Waals surface area contributed by atoms with Crippen molar-refractivity contribution in [3.63, 3.8) is 0 Å². The average Bonchev–Trinajstić information content (AvgIpc) is 3.03. The summed E-state index contributed by atoms with van der Waals surface area (Å²) in [5, 5.41) is 3.26. The second kappa shape index (κ2) is 5.22. The van der Waals surface area contributed by atoms with Gasteiger partial charge in [0.05, 0.1) is 18.3 Å². The Kier molecular flexibility index (Phi) is 3.41. The van der Waals surface area contributed by atoms with Crippen LogP contribution in [0.3, 0.4) is 0 Å². The molecule has 0 saturated heterocycles. The van der Waals surface area contributed by atoms with Crippen LogP contribution >= 0.6 is 27.3 Å². The topological polar surface area (TPSA) is 88.0 Å². The minimum absolute atomic E-state index is 0.182. The number of halogens is 1. The molecule has 3 aromatic rings. The van der Waals surface area contributed by atoms with E-state index in [0.717, 1.165) is 4.88 Å². The number of thiophene rings is 1. The predicted molar refractivity (Wildman–Crippen MR) is 77.8 cm³/mol. The first-order chi connectivity index (χ1) is 9.63. The summed E-state index contributed by atoms with van der Waals surface area (Å²) < 4.78 is 5.65. The second-order valence-electron chi connectivity index (χ2n) is 3.95. The molecule has 3 rings (SSSR count). The molecule has 0 bridgehead atoms. The first kappa shape index (κ1) is 13.1. The largest absolute Gasteiger partial charge is 0.444 e. The van der Waals surface area contributed by atoms with Gasteiger partial charge in [-0.1, -0.05) is 0 Å². The van der Waals surface area contributed by atoms with Gasteiger partial charge in [-0.2, -0.15) is 0 Å². The van der Waals surface area contributed by atoms with Crippen molar-refractivity contribution in [2.24, 2.45) is 0 Å². The third-order valence-corrected chi connectivity index (χ3v) is 4.07. The van der Waals surface area contributed by atoms with Crippen LogP contribution in [0.2, 0.25) is 0 Å². The lowest BCUT2D eigenvalue weighted by Crippen LogP contribution is -2.21. The van der Waals surface area contributed by atoms with Crippen LogP contribution in [-0.2, 0) is 6.54 Å². The van der Waals surface area contributed by atoms with E-state index in [2.05, 4.69) is 31.2 Å². The van der Waals surface area contributed by atoms with Crippen LogP contribution in [0.1, 0.15) is 15.4 Å². The molecule has 0 spiro atoms. The van der Waals surface area contributed by atoms with Crippen molar-refractivity contribution in [1.29, 1.82) is 0 Å². The molecule has 0 aliphatic carbocycles. The zero-order chi connectivity index (χ0) is 14.1. The van der Waals surface area contributed by atoms with Crippen molar-refractivity contribution in [3.05, 3.63) is 50.2 Å². The fourth-order valence-corrected chi connectivity index (χ4v) is 2.94. The predicted octanol–water partition coefficient (Wildman–Crippen LogP) is 2.27. The highest BCUT2D eigenvalue weighted by Gasteiger charge is 2.11. The molecule has 1 amide bonds. The van der Waals surface area contributed by atoms with Crippen molar-refractivity contribution >= 4 is 43.4 Å². The van der Waals surface area contributed by atoms with E-state index in [-0.39, 0.29) is 17.2 Å². The second-order valence-corrected chi connectivity index (χ2v) is 5.85. The molecule has 3 heterocycles. The Morgan fingerprint density at radius 3 is 3.05 bits per heavy atom. The summed E-state index contributed by atoms with van der Waals surface area (Å²) in [5.41, 5.74) is -0.182. The smallest absolute Gasteiger partial charge is 0.287 e. The SMILES string of the molecule is O=C(NCc1cc2c(=O)[nH]cnc2s1)c1ccc(Br)o1. The molecule has 0 radical (unpaired) electrons. The van der Waals surface area contributed by atoms with Crippen LogP contribution in [0.25, 0.3) is 10.2 Å². The summed E-state index contributed by atoms with van der Waals surface area (Å²) in [7, 11) is 0. The Balaban J connectivity index is 1.75. The highest BCUT2D eigenvalue weighted by atomic mass is 79.9. The van der Waals surface area contributed by atoms with Crippen LogP contribution in [0.5, 0.6) is 0 Å². The lowest BCUT2D eigenvalue weighted by Gasteiger charge is -1.99. The van der Waals surface area contributed by atoms with Crippen molar-refractivity contribution in [1.82, 2.24) is 15.3 Å². The number of nitrogens with zero attached hydrogens (tertiary/aromatic N) is 1. The maximum atomic E-state index is 11.8. The zero-order valence-electron chi connectivity index (χ0n) is 9.97. The summed E-state index contributed by atoms with van der Waals surface area (Å²) in [6.45, 7) is 0.317. The summed E-state index contributed by atoms with van der Waals surface area (Å²) >= 11 is 4.50. The monoisotopic (exact) mass is 353 g/mol. The number of rotatable bonds is 3. The number of amides is 1. The first-order valence-corrected chi connectivity index (χ1v) is 7.24. The van der Waals surface area contributed by atoms with Gasteiger partial charge in [0.1, 0.15) is 4.83 Å². The number of aromatic nitrogens is 2. The lowest BCUT2D eigenvalue weighted by molar-refractivity contribution is 0.0922. The lowest BCUT2D eigenvalue weighted by atomic mass is 10.3. The average molecular weight is 354 g/mol. The maximum absolute atomic E-state index is 11.8. The molecule has 0 aliphatic heterocycles. The summed E-state index contributed by atoms with van der Waals surface area (Å²) in [4.78, 5) is 31.5. The Hall–Kier alpha value is -1.93. The zero-order valence-corrected chi connectivity index (χ0v) is 12.4. The first-order valence-electron chi connectivity index (χ1n) is 5.63. The summed E-state index contributed by atoms with van der Waals surface area (Å²) in [5.74, 6) is -0.0796. The number of carbonyl (C=O) groups excluding carboxylic acids is 1. The minimum atomic E-state index is -0.310. The third kappa shape index (κ3) is 2.52. The van der Waals surface area contributed by atoms with Gasteiger partial charge < -0.3 is 14.7 Å². The van der Waals surface area contributed by atoms with E-state index in [1.54, 1.807) is 18.2 Å². The van der Waals surface area contributed by atoms with E-state index in [1.165, 1.54) is 17.7 Å². The van der Waals surface area contributed by atoms with Crippen molar-refractivity contribution in [3.8, 4) is 0 Å². The van der Waals surface area contributed by atoms with Crippen molar-refractivity contribution < 1.29 is 9.21 Å². The third-order valence-electron chi connectivity index (χ3n) is 2.61.